The van der Waals surface area contributed by atoms with Gasteiger partial charge in [-0.25, -0.2) is 0 Å². The van der Waals surface area contributed by atoms with Crippen molar-refractivity contribution < 1.29 is 19.1 Å². The summed E-state index contributed by atoms with van der Waals surface area (Å²) in [4.78, 5) is 23.1. The number of ether oxygens (including phenoxy) is 2. The van der Waals surface area contributed by atoms with Crippen molar-refractivity contribution in [2.24, 2.45) is 5.73 Å². The normalized spacial score (nSPS) is 13.6. The van der Waals surface area contributed by atoms with Crippen molar-refractivity contribution >= 4 is 11.9 Å². The predicted molar refractivity (Wildman–Crippen MR) is 73.4 cm³/mol. The van der Waals surface area contributed by atoms with E-state index in [1.807, 2.05) is 0 Å². The molecule has 0 aromatic rings. The van der Waals surface area contributed by atoms with E-state index >= 15 is 0 Å². The van der Waals surface area contributed by atoms with Gasteiger partial charge >= 0.3 is 11.9 Å². The van der Waals surface area contributed by atoms with Gasteiger partial charge in [-0.15, -0.1) is 0 Å². The Kier molecular flexibility index (Phi) is 6.22. The first-order chi connectivity index (χ1) is 8.47. The van der Waals surface area contributed by atoms with Gasteiger partial charge in [-0.05, 0) is 47.1 Å². The van der Waals surface area contributed by atoms with Crippen LogP contribution in [0.25, 0.3) is 0 Å². The molecule has 0 saturated carbocycles. The van der Waals surface area contributed by atoms with Crippen molar-refractivity contribution in [2.45, 2.75) is 64.7 Å². The standard InChI is InChI=1S/C14H25NO4/c1-7-14(5,6)19-12(17)10(15)8-9-11(16)18-13(2,3)4/h7,10H,1,8-9,15H2,2-6H3/t10-/m0/s1. The number of hydrogen-bond donors (Lipinski definition) is 1. The van der Waals surface area contributed by atoms with Gasteiger partial charge in [0, 0.05) is 6.42 Å². The van der Waals surface area contributed by atoms with Crippen LogP contribution in [0.4, 0.5) is 0 Å². The quantitative estimate of drug-likeness (QED) is 0.590. The molecule has 19 heavy (non-hydrogen) atoms. The lowest BCUT2D eigenvalue weighted by Gasteiger charge is -2.23. The second-order valence-corrected chi connectivity index (χ2v) is 5.96. The van der Waals surface area contributed by atoms with Crippen LogP contribution in [0.3, 0.4) is 0 Å². The summed E-state index contributed by atoms with van der Waals surface area (Å²) in [5.41, 5.74) is 4.38. The molecule has 0 bridgehead atoms. The number of esters is 2. The van der Waals surface area contributed by atoms with Crippen LogP contribution in [0.2, 0.25) is 0 Å². The predicted octanol–water partition coefficient (Wildman–Crippen LogP) is 1.94. The third-order valence-corrected chi connectivity index (χ3v) is 2.24. The summed E-state index contributed by atoms with van der Waals surface area (Å²) < 4.78 is 10.3. The van der Waals surface area contributed by atoms with Crippen LogP contribution in [-0.4, -0.2) is 29.2 Å². The van der Waals surface area contributed by atoms with Gasteiger partial charge in [0.1, 0.15) is 17.2 Å². The Hall–Kier alpha value is -1.36. The average molecular weight is 271 g/mol. The molecule has 2 N–H and O–H groups in total. The molecule has 0 aromatic heterocycles. The monoisotopic (exact) mass is 271 g/mol. The number of rotatable bonds is 6. The van der Waals surface area contributed by atoms with E-state index in [2.05, 4.69) is 6.58 Å². The minimum atomic E-state index is -0.841. The number of carbonyl (C=O) groups excluding carboxylic acids is 2. The molecule has 0 heterocycles. The van der Waals surface area contributed by atoms with Crippen LogP contribution in [0.15, 0.2) is 12.7 Å². The lowest BCUT2D eigenvalue weighted by molar-refractivity contribution is -0.156. The summed E-state index contributed by atoms with van der Waals surface area (Å²) in [6.07, 6.45) is 1.80. The Morgan fingerprint density at radius 2 is 1.74 bits per heavy atom. The zero-order valence-electron chi connectivity index (χ0n) is 12.5. The molecule has 0 aliphatic carbocycles. The summed E-state index contributed by atoms with van der Waals surface area (Å²) in [5.74, 6) is -0.924. The maximum absolute atomic E-state index is 11.7. The van der Waals surface area contributed by atoms with Gasteiger partial charge in [-0.2, -0.15) is 0 Å². The smallest absolute Gasteiger partial charge is 0.323 e. The van der Waals surface area contributed by atoms with E-state index in [0.29, 0.717) is 0 Å². The molecule has 5 heteroatoms. The van der Waals surface area contributed by atoms with E-state index in [4.69, 9.17) is 15.2 Å². The van der Waals surface area contributed by atoms with E-state index in [1.54, 1.807) is 34.6 Å². The molecule has 0 aromatic carbocycles. The van der Waals surface area contributed by atoms with E-state index in [0.717, 1.165) is 0 Å². The highest BCUT2D eigenvalue weighted by molar-refractivity contribution is 5.77. The average Bonchev–Trinajstić information content (AvgIpc) is 2.22. The number of nitrogens with two attached hydrogens (primary N) is 1. The molecular formula is C14H25NO4. The first kappa shape index (κ1) is 17.6. The van der Waals surface area contributed by atoms with Gasteiger partial charge in [0.05, 0.1) is 0 Å². The topological polar surface area (TPSA) is 78.6 Å². The summed E-state index contributed by atoms with van der Waals surface area (Å²) in [6, 6.07) is -0.841. The minimum Gasteiger partial charge on any atom is -0.460 e. The Morgan fingerprint density at radius 3 is 2.16 bits per heavy atom. The maximum Gasteiger partial charge on any atom is 0.323 e. The van der Waals surface area contributed by atoms with Crippen LogP contribution >= 0.6 is 0 Å². The molecule has 0 rings (SSSR count). The zero-order valence-corrected chi connectivity index (χ0v) is 12.5. The maximum atomic E-state index is 11.7. The first-order valence-corrected chi connectivity index (χ1v) is 6.31. The lowest BCUT2D eigenvalue weighted by atomic mass is 10.1. The third kappa shape index (κ3) is 8.37. The largest absolute Gasteiger partial charge is 0.460 e. The molecule has 0 unspecified atom stereocenters. The van der Waals surface area contributed by atoms with Crippen molar-refractivity contribution in [1.29, 1.82) is 0 Å². The Morgan fingerprint density at radius 1 is 1.21 bits per heavy atom. The highest BCUT2D eigenvalue weighted by Gasteiger charge is 2.25. The molecule has 1 atom stereocenters. The molecule has 0 saturated heterocycles. The fourth-order valence-corrected chi connectivity index (χ4v) is 1.16. The van der Waals surface area contributed by atoms with Crippen LogP contribution in [-0.2, 0) is 19.1 Å². The highest BCUT2D eigenvalue weighted by atomic mass is 16.6. The van der Waals surface area contributed by atoms with Crippen LogP contribution in [0.1, 0.15) is 47.5 Å². The molecule has 0 aliphatic heterocycles. The van der Waals surface area contributed by atoms with Crippen LogP contribution < -0.4 is 5.73 Å². The Labute approximate surface area is 115 Å². The van der Waals surface area contributed by atoms with Gasteiger partial charge in [0.2, 0.25) is 0 Å². The molecule has 0 amide bonds. The van der Waals surface area contributed by atoms with Gasteiger partial charge in [-0.3, -0.25) is 9.59 Å². The zero-order chi connectivity index (χ0) is 15.3. The van der Waals surface area contributed by atoms with Crippen LogP contribution in [0, 0.1) is 0 Å². The molecule has 5 nitrogen and oxygen atoms in total. The summed E-state index contributed by atoms with van der Waals surface area (Å²) >= 11 is 0. The molecule has 110 valence electrons. The summed E-state index contributed by atoms with van der Waals surface area (Å²) in [5, 5.41) is 0. The van der Waals surface area contributed by atoms with E-state index in [-0.39, 0.29) is 18.8 Å². The van der Waals surface area contributed by atoms with Gasteiger partial charge in [-0.1, -0.05) is 6.58 Å². The molecule has 0 radical (unpaired) electrons. The molecule has 0 aliphatic rings. The Bertz CT molecular complexity index is 342. The second kappa shape index (κ2) is 6.70. The third-order valence-electron chi connectivity index (χ3n) is 2.24. The number of carbonyl (C=O) groups is 2. The fraction of sp³-hybridized carbons (Fsp3) is 0.714. The van der Waals surface area contributed by atoms with E-state index in [1.165, 1.54) is 6.08 Å². The van der Waals surface area contributed by atoms with Gasteiger partial charge in [0.25, 0.3) is 0 Å². The fourth-order valence-electron chi connectivity index (χ4n) is 1.16. The van der Waals surface area contributed by atoms with Gasteiger partial charge < -0.3 is 15.2 Å². The summed E-state index contributed by atoms with van der Waals surface area (Å²) in [7, 11) is 0. The SMILES string of the molecule is C=CC(C)(C)OC(=O)[C@@H](N)CCC(=O)OC(C)(C)C. The summed E-state index contributed by atoms with van der Waals surface area (Å²) in [6.45, 7) is 12.3. The van der Waals surface area contributed by atoms with Crippen molar-refractivity contribution in [1.82, 2.24) is 0 Å². The van der Waals surface area contributed by atoms with E-state index in [9.17, 15) is 9.59 Å². The number of hydrogen-bond acceptors (Lipinski definition) is 5. The lowest BCUT2D eigenvalue weighted by Crippen LogP contribution is -2.38. The second-order valence-electron chi connectivity index (χ2n) is 5.96. The van der Waals surface area contributed by atoms with E-state index < -0.39 is 23.2 Å². The first-order valence-electron chi connectivity index (χ1n) is 6.31. The minimum absolute atomic E-state index is 0.0854. The Balaban J connectivity index is 4.18. The van der Waals surface area contributed by atoms with Crippen molar-refractivity contribution in [3.8, 4) is 0 Å². The van der Waals surface area contributed by atoms with Gasteiger partial charge in [0.15, 0.2) is 0 Å². The molecular weight excluding hydrogens is 246 g/mol. The van der Waals surface area contributed by atoms with Crippen LogP contribution in [0.5, 0.6) is 0 Å². The van der Waals surface area contributed by atoms with Crippen molar-refractivity contribution in [3.05, 3.63) is 12.7 Å². The van der Waals surface area contributed by atoms with Crippen molar-refractivity contribution in [3.63, 3.8) is 0 Å². The highest BCUT2D eigenvalue weighted by Crippen LogP contribution is 2.13. The molecule has 0 spiro atoms. The molecule has 0 fully saturated rings. The van der Waals surface area contributed by atoms with Crippen molar-refractivity contribution in [2.75, 3.05) is 0 Å².